The number of carbonyl (C=O) groups is 1. The van der Waals surface area contributed by atoms with E-state index in [1.165, 1.54) is 38.5 Å². The van der Waals surface area contributed by atoms with E-state index in [2.05, 4.69) is 5.32 Å². The third-order valence-electron chi connectivity index (χ3n) is 7.05. The fourth-order valence-corrected chi connectivity index (χ4v) is 6.41. The highest BCUT2D eigenvalue weighted by atomic mass is 16.5. The van der Waals surface area contributed by atoms with Gasteiger partial charge in [0.15, 0.2) is 11.5 Å². The van der Waals surface area contributed by atoms with Crippen LogP contribution >= 0.6 is 0 Å². The molecule has 1 aromatic rings. The van der Waals surface area contributed by atoms with Crippen molar-refractivity contribution in [3.63, 3.8) is 0 Å². The molecule has 4 aliphatic rings. The van der Waals surface area contributed by atoms with Crippen molar-refractivity contribution in [1.82, 2.24) is 5.32 Å². The van der Waals surface area contributed by atoms with Crippen molar-refractivity contribution < 1.29 is 19.0 Å². The minimum absolute atomic E-state index is 0.113. The highest BCUT2D eigenvalue weighted by molar-refractivity contribution is 5.98. The number of hydrogen-bond donors (Lipinski definition) is 1. The summed E-state index contributed by atoms with van der Waals surface area (Å²) >= 11 is 0. The molecule has 1 N–H and O–H groups in total. The van der Waals surface area contributed by atoms with Crippen molar-refractivity contribution in [2.45, 2.75) is 44.9 Å². The Morgan fingerprint density at radius 2 is 1.56 bits per heavy atom. The number of amides is 1. The second kappa shape index (κ2) is 7.25. The first-order chi connectivity index (χ1) is 13.1. The van der Waals surface area contributed by atoms with Crippen LogP contribution in [-0.2, 0) is 0 Å². The minimum atomic E-state index is -0.113. The summed E-state index contributed by atoms with van der Waals surface area (Å²) in [4.78, 5) is 12.8. The fourth-order valence-electron chi connectivity index (χ4n) is 6.41. The molecule has 0 saturated heterocycles. The lowest BCUT2D eigenvalue weighted by molar-refractivity contribution is -0.0564. The van der Waals surface area contributed by atoms with E-state index < -0.39 is 0 Å². The molecule has 5 nitrogen and oxygen atoms in total. The summed E-state index contributed by atoms with van der Waals surface area (Å²) in [7, 11) is 4.67. The Morgan fingerprint density at radius 3 is 2.07 bits per heavy atom. The molecular weight excluding hydrogens is 342 g/mol. The molecule has 0 unspecified atom stereocenters. The van der Waals surface area contributed by atoms with Gasteiger partial charge in [-0.25, -0.2) is 0 Å². The number of ether oxygens (including phenoxy) is 3. The van der Waals surface area contributed by atoms with Gasteiger partial charge in [-0.05, 0) is 80.2 Å². The molecule has 1 aromatic carbocycles. The minimum Gasteiger partial charge on any atom is -0.493 e. The number of hydrogen-bond acceptors (Lipinski definition) is 4. The van der Waals surface area contributed by atoms with E-state index in [1.807, 2.05) is 0 Å². The summed E-state index contributed by atoms with van der Waals surface area (Å²) in [5, 5.41) is 3.12. The summed E-state index contributed by atoms with van der Waals surface area (Å²) in [5.74, 6) is 4.14. The first-order valence-corrected chi connectivity index (χ1v) is 10.1. The zero-order chi connectivity index (χ0) is 19.0. The summed E-state index contributed by atoms with van der Waals surface area (Å²) < 4.78 is 16.1. The van der Waals surface area contributed by atoms with E-state index >= 15 is 0 Å². The lowest BCUT2D eigenvalue weighted by Crippen LogP contribution is -2.47. The summed E-state index contributed by atoms with van der Waals surface area (Å²) in [5.41, 5.74) is 0.963. The van der Waals surface area contributed by atoms with Crippen LogP contribution in [0.2, 0.25) is 0 Å². The number of benzene rings is 1. The van der Waals surface area contributed by atoms with Gasteiger partial charge >= 0.3 is 0 Å². The molecule has 4 bridgehead atoms. The third-order valence-corrected chi connectivity index (χ3v) is 7.05. The lowest BCUT2D eigenvalue weighted by atomic mass is 9.49. The van der Waals surface area contributed by atoms with Gasteiger partial charge in [-0.15, -0.1) is 0 Å². The van der Waals surface area contributed by atoms with Gasteiger partial charge in [0.2, 0.25) is 5.75 Å². The van der Waals surface area contributed by atoms with Crippen molar-refractivity contribution in [3.05, 3.63) is 17.7 Å². The van der Waals surface area contributed by atoms with E-state index in [-0.39, 0.29) is 5.91 Å². The normalized spacial score (nSPS) is 30.9. The van der Waals surface area contributed by atoms with Gasteiger partial charge in [0.1, 0.15) is 0 Å². The molecule has 4 fully saturated rings. The maximum absolute atomic E-state index is 12.8. The summed E-state index contributed by atoms with van der Waals surface area (Å²) in [6.45, 7) is 0.725. The average molecular weight is 373 g/mol. The number of carbonyl (C=O) groups excluding carboxylic acids is 1. The van der Waals surface area contributed by atoms with Crippen LogP contribution in [0.25, 0.3) is 0 Å². The molecule has 0 aromatic heterocycles. The highest BCUT2D eigenvalue weighted by Gasteiger charge is 2.50. The topological polar surface area (TPSA) is 56.8 Å². The van der Waals surface area contributed by atoms with Crippen LogP contribution in [0.3, 0.4) is 0 Å². The van der Waals surface area contributed by atoms with E-state index in [9.17, 15) is 4.79 Å². The molecule has 5 rings (SSSR count). The van der Waals surface area contributed by atoms with Crippen molar-refractivity contribution in [3.8, 4) is 17.2 Å². The highest BCUT2D eigenvalue weighted by Crippen LogP contribution is 2.61. The van der Waals surface area contributed by atoms with Crippen molar-refractivity contribution in [1.29, 1.82) is 0 Å². The van der Waals surface area contributed by atoms with E-state index in [1.54, 1.807) is 33.5 Å². The zero-order valence-corrected chi connectivity index (χ0v) is 16.7. The molecule has 4 saturated carbocycles. The third kappa shape index (κ3) is 3.37. The van der Waals surface area contributed by atoms with Crippen molar-refractivity contribution in [2.75, 3.05) is 27.9 Å². The van der Waals surface area contributed by atoms with Crippen LogP contribution in [0, 0.1) is 23.2 Å². The molecule has 0 radical (unpaired) electrons. The first-order valence-electron chi connectivity index (χ1n) is 10.1. The molecule has 148 valence electrons. The molecule has 5 heteroatoms. The van der Waals surface area contributed by atoms with Crippen molar-refractivity contribution in [2.24, 2.45) is 23.2 Å². The van der Waals surface area contributed by atoms with Crippen LogP contribution in [0.5, 0.6) is 17.2 Å². The fraction of sp³-hybridized carbons (Fsp3) is 0.682. The molecule has 27 heavy (non-hydrogen) atoms. The Morgan fingerprint density at radius 1 is 0.963 bits per heavy atom. The van der Waals surface area contributed by atoms with Crippen molar-refractivity contribution >= 4 is 5.91 Å². The van der Waals surface area contributed by atoms with Crippen LogP contribution in [-0.4, -0.2) is 33.8 Å². The predicted octanol–water partition coefficient (Wildman–Crippen LogP) is 4.05. The van der Waals surface area contributed by atoms with Crippen LogP contribution < -0.4 is 19.5 Å². The number of rotatable bonds is 7. The molecule has 4 aliphatic carbocycles. The smallest absolute Gasteiger partial charge is 0.255 e. The zero-order valence-electron chi connectivity index (χ0n) is 16.7. The standard InChI is InChI=1S/C22H31NO4/c1-25-18-5-4-17(19(26-2)20(18)27-3)21(24)23-7-6-22-11-14-8-15(12-22)10-16(9-14)13-22/h4-5,14-16H,6-13H2,1-3H3,(H,23,24). The molecule has 0 spiro atoms. The Bertz CT molecular complexity index is 679. The SMILES string of the molecule is COc1ccc(C(=O)NCCC23CC4CC(CC(C4)C2)C3)c(OC)c1OC. The quantitative estimate of drug-likeness (QED) is 0.783. The molecule has 0 aliphatic heterocycles. The Balaban J connectivity index is 1.41. The summed E-state index contributed by atoms with van der Waals surface area (Å²) in [6.07, 6.45) is 9.56. The van der Waals surface area contributed by atoms with Gasteiger partial charge < -0.3 is 19.5 Å². The van der Waals surface area contributed by atoms with Gasteiger partial charge in [0, 0.05) is 6.54 Å². The number of methoxy groups -OCH3 is 3. The van der Waals surface area contributed by atoms with Gasteiger partial charge in [0.25, 0.3) is 5.91 Å². The molecular formula is C22H31NO4. The van der Waals surface area contributed by atoms with Gasteiger partial charge in [-0.2, -0.15) is 0 Å². The number of nitrogens with one attached hydrogen (secondary N) is 1. The second-order valence-electron chi connectivity index (χ2n) is 8.81. The van der Waals surface area contributed by atoms with Crippen LogP contribution in [0.1, 0.15) is 55.3 Å². The molecule has 0 atom stereocenters. The van der Waals surface area contributed by atoms with E-state index in [0.717, 1.165) is 30.7 Å². The van der Waals surface area contributed by atoms with E-state index in [0.29, 0.717) is 28.2 Å². The van der Waals surface area contributed by atoms with Crippen LogP contribution in [0.4, 0.5) is 0 Å². The second-order valence-corrected chi connectivity index (χ2v) is 8.81. The lowest BCUT2D eigenvalue weighted by Gasteiger charge is -2.57. The van der Waals surface area contributed by atoms with Gasteiger partial charge in [-0.1, -0.05) is 0 Å². The largest absolute Gasteiger partial charge is 0.493 e. The summed E-state index contributed by atoms with van der Waals surface area (Å²) in [6, 6.07) is 3.48. The van der Waals surface area contributed by atoms with Gasteiger partial charge in [-0.3, -0.25) is 4.79 Å². The monoisotopic (exact) mass is 373 g/mol. The maximum Gasteiger partial charge on any atom is 0.255 e. The maximum atomic E-state index is 12.8. The molecule has 0 heterocycles. The Labute approximate surface area is 161 Å². The van der Waals surface area contributed by atoms with E-state index in [4.69, 9.17) is 14.2 Å². The first kappa shape index (κ1) is 18.5. The average Bonchev–Trinajstić information content (AvgIpc) is 2.65. The Kier molecular flexibility index (Phi) is 4.95. The van der Waals surface area contributed by atoms with Crippen LogP contribution in [0.15, 0.2) is 12.1 Å². The molecule has 1 amide bonds. The predicted molar refractivity (Wildman–Crippen MR) is 104 cm³/mol. The van der Waals surface area contributed by atoms with Gasteiger partial charge in [0.05, 0.1) is 26.9 Å². The Hall–Kier alpha value is -1.91.